The monoisotopic (exact) mass is 565 g/mol. The van der Waals surface area contributed by atoms with Gasteiger partial charge in [-0.3, -0.25) is 9.69 Å². The van der Waals surface area contributed by atoms with Gasteiger partial charge in [0.1, 0.15) is 22.9 Å². The van der Waals surface area contributed by atoms with Crippen LogP contribution in [0, 0.1) is 5.82 Å². The van der Waals surface area contributed by atoms with Crippen molar-refractivity contribution in [3.8, 4) is 17.1 Å². The number of anilines is 1. The number of likely N-dealkylation sites (tertiary alicyclic amines) is 1. The standard InChI is InChI=1S/C29H33ClFN7O2/c1-37(2)14-12-32-25(39)18-40-23-9-5-20(6-10-23)28-35-27-26(24(30)15-33-29(27)36-28)34-22-11-13-38(17-22)16-19-3-7-21(31)8-4-19/h3-10,15,22H,11-14,16-18H2,1-2H3,(H,32,39)(H2,33,34,35,36)/t22-/m0/s1. The van der Waals surface area contributed by atoms with Gasteiger partial charge in [-0.05, 0) is 62.5 Å². The van der Waals surface area contributed by atoms with Crippen molar-refractivity contribution in [2.45, 2.75) is 19.0 Å². The summed E-state index contributed by atoms with van der Waals surface area (Å²) in [5, 5.41) is 6.92. The molecule has 2 aromatic carbocycles. The zero-order valence-corrected chi connectivity index (χ0v) is 23.3. The van der Waals surface area contributed by atoms with Gasteiger partial charge >= 0.3 is 0 Å². The minimum atomic E-state index is -0.223. The Hall–Kier alpha value is -3.73. The van der Waals surface area contributed by atoms with Gasteiger partial charge in [0, 0.05) is 44.3 Å². The number of ether oxygens (including phenoxy) is 1. The molecule has 2 aromatic heterocycles. The summed E-state index contributed by atoms with van der Waals surface area (Å²) in [5.74, 6) is 0.870. The van der Waals surface area contributed by atoms with Crippen LogP contribution in [-0.2, 0) is 11.3 Å². The van der Waals surface area contributed by atoms with Crippen LogP contribution in [0.4, 0.5) is 10.1 Å². The molecule has 0 bridgehead atoms. The van der Waals surface area contributed by atoms with Crippen LogP contribution in [0.3, 0.4) is 0 Å². The van der Waals surface area contributed by atoms with Crippen molar-refractivity contribution in [2.24, 2.45) is 0 Å². The van der Waals surface area contributed by atoms with Crippen LogP contribution in [0.5, 0.6) is 5.75 Å². The predicted octanol–water partition coefficient (Wildman–Crippen LogP) is 4.16. The summed E-state index contributed by atoms with van der Waals surface area (Å²) in [6, 6.07) is 14.2. The van der Waals surface area contributed by atoms with Crippen LogP contribution in [0.15, 0.2) is 54.7 Å². The van der Waals surface area contributed by atoms with Gasteiger partial charge in [0.05, 0.1) is 16.9 Å². The Morgan fingerprint density at radius 1 is 1.20 bits per heavy atom. The number of carbonyl (C=O) groups excluding carboxylic acids is 1. The highest BCUT2D eigenvalue weighted by Gasteiger charge is 2.24. The molecular formula is C29H33ClFN7O2. The molecule has 9 nitrogen and oxygen atoms in total. The highest BCUT2D eigenvalue weighted by atomic mass is 35.5. The predicted molar refractivity (Wildman–Crippen MR) is 155 cm³/mol. The van der Waals surface area contributed by atoms with Crippen LogP contribution in [0.2, 0.25) is 5.02 Å². The van der Waals surface area contributed by atoms with E-state index in [-0.39, 0.29) is 24.4 Å². The Morgan fingerprint density at radius 2 is 1.98 bits per heavy atom. The number of likely N-dealkylation sites (N-methyl/N-ethyl adjacent to an activating group) is 1. The maximum absolute atomic E-state index is 13.2. The molecule has 0 unspecified atom stereocenters. The summed E-state index contributed by atoms with van der Waals surface area (Å²) < 4.78 is 18.9. The first-order valence-electron chi connectivity index (χ1n) is 13.3. The molecule has 3 N–H and O–H groups in total. The summed E-state index contributed by atoms with van der Waals surface area (Å²) in [6.45, 7) is 3.83. The van der Waals surface area contributed by atoms with Crippen LogP contribution in [-0.4, -0.2) is 83.6 Å². The van der Waals surface area contributed by atoms with Gasteiger partial charge in [0.2, 0.25) is 0 Å². The molecule has 11 heteroatoms. The van der Waals surface area contributed by atoms with Gasteiger partial charge in [-0.15, -0.1) is 0 Å². The third-order valence-corrected chi connectivity index (χ3v) is 7.07. The molecule has 0 aliphatic carbocycles. The van der Waals surface area contributed by atoms with E-state index in [1.165, 1.54) is 12.1 Å². The number of benzene rings is 2. The molecule has 40 heavy (non-hydrogen) atoms. The molecule has 5 rings (SSSR count). The van der Waals surface area contributed by atoms with E-state index in [0.29, 0.717) is 34.3 Å². The second kappa shape index (κ2) is 12.6. The Bertz CT molecular complexity index is 1440. The number of nitrogens with one attached hydrogen (secondary N) is 3. The lowest BCUT2D eigenvalue weighted by Gasteiger charge is -2.18. The quantitative estimate of drug-likeness (QED) is 0.251. The Kier molecular flexibility index (Phi) is 8.78. The zero-order chi connectivity index (χ0) is 28.1. The fraction of sp³-hybridized carbons (Fsp3) is 0.345. The lowest BCUT2D eigenvalue weighted by Crippen LogP contribution is -2.34. The van der Waals surface area contributed by atoms with Gasteiger partial charge < -0.3 is 25.3 Å². The molecule has 0 spiro atoms. The van der Waals surface area contributed by atoms with Gasteiger partial charge in [-0.2, -0.15) is 0 Å². The number of fused-ring (bicyclic) bond motifs is 1. The third-order valence-electron chi connectivity index (χ3n) is 6.79. The maximum Gasteiger partial charge on any atom is 0.257 e. The molecule has 1 aliphatic rings. The number of aromatic nitrogens is 3. The van der Waals surface area contributed by atoms with Crippen molar-refractivity contribution >= 4 is 34.4 Å². The molecule has 0 radical (unpaired) electrons. The molecule has 0 saturated carbocycles. The van der Waals surface area contributed by atoms with Crippen molar-refractivity contribution < 1.29 is 13.9 Å². The van der Waals surface area contributed by atoms with E-state index in [2.05, 4.69) is 25.5 Å². The number of aromatic amines is 1. The number of carbonyl (C=O) groups is 1. The fourth-order valence-electron chi connectivity index (χ4n) is 4.68. The van der Waals surface area contributed by atoms with Crippen LogP contribution >= 0.6 is 11.6 Å². The Balaban J connectivity index is 1.21. The molecule has 210 valence electrons. The molecule has 1 fully saturated rings. The number of amides is 1. The number of H-pyrrole nitrogens is 1. The second-order valence-electron chi connectivity index (χ2n) is 10.2. The SMILES string of the molecule is CN(C)CCNC(=O)COc1ccc(-c2nc3c(N[C@H]4CCN(Cc5ccc(F)cc5)C4)c(Cl)cnc3[nH]2)cc1. The van der Waals surface area contributed by atoms with E-state index >= 15 is 0 Å². The van der Waals surface area contributed by atoms with Gasteiger partial charge in [0.15, 0.2) is 12.3 Å². The number of pyridine rings is 1. The summed E-state index contributed by atoms with van der Waals surface area (Å²) in [7, 11) is 3.91. The van der Waals surface area contributed by atoms with Crippen LogP contribution < -0.4 is 15.4 Å². The van der Waals surface area contributed by atoms with E-state index in [4.69, 9.17) is 21.3 Å². The van der Waals surface area contributed by atoms with E-state index in [1.807, 2.05) is 55.4 Å². The Morgan fingerprint density at radius 3 is 2.73 bits per heavy atom. The minimum absolute atomic E-state index is 0.0443. The molecule has 1 amide bonds. The molecule has 1 saturated heterocycles. The summed E-state index contributed by atoms with van der Waals surface area (Å²) in [6.07, 6.45) is 2.58. The van der Waals surface area contributed by atoms with Gasteiger partial charge in [0.25, 0.3) is 5.91 Å². The van der Waals surface area contributed by atoms with Gasteiger partial charge in [-0.25, -0.2) is 14.4 Å². The van der Waals surface area contributed by atoms with E-state index in [1.54, 1.807) is 6.20 Å². The fourth-order valence-corrected chi connectivity index (χ4v) is 4.87. The average molecular weight is 566 g/mol. The van der Waals surface area contributed by atoms with Gasteiger partial charge in [-0.1, -0.05) is 23.7 Å². The molecule has 3 heterocycles. The van der Waals surface area contributed by atoms with Crippen molar-refractivity contribution in [3.05, 3.63) is 71.1 Å². The highest BCUT2D eigenvalue weighted by Crippen LogP contribution is 2.32. The number of nitrogens with zero attached hydrogens (tertiary/aromatic N) is 4. The van der Waals surface area contributed by atoms with Crippen molar-refractivity contribution in [1.29, 1.82) is 0 Å². The first-order valence-corrected chi connectivity index (χ1v) is 13.6. The van der Waals surface area contributed by atoms with E-state index < -0.39 is 0 Å². The second-order valence-corrected chi connectivity index (χ2v) is 10.6. The minimum Gasteiger partial charge on any atom is -0.484 e. The largest absolute Gasteiger partial charge is 0.484 e. The topological polar surface area (TPSA) is 98.4 Å². The van der Waals surface area contributed by atoms with Crippen LogP contribution in [0.25, 0.3) is 22.6 Å². The lowest BCUT2D eigenvalue weighted by atomic mass is 10.2. The number of rotatable bonds is 11. The smallest absolute Gasteiger partial charge is 0.257 e. The summed E-state index contributed by atoms with van der Waals surface area (Å²) in [4.78, 5) is 28.8. The zero-order valence-electron chi connectivity index (χ0n) is 22.6. The van der Waals surface area contributed by atoms with E-state index in [0.717, 1.165) is 49.4 Å². The molecule has 1 atom stereocenters. The summed E-state index contributed by atoms with van der Waals surface area (Å²) in [5.41, 5.74) is 4.01. The molecular weight excluding hydrogens is 533 g/mol. The summed E-state index contributed by atoms with van der Waals surface area (Å²) >= 11 is 6.57. The first kappa shape index (κ1) is 27.8. The third kappa shape index (κ3) is 7.07. The van der Waals surface area contributed by atoms with Crippen LogP contribution in [0.1, 0.15) is 12.0 Å². The number of hydrogen-bond acceptors (Lipinski definition) is 7. The van der Waals surface area contributed by atoms with Crippen molar-refractivity contribution in [2.75, 3.05) is 52.2 Å². The first-order chi connectivity index (χ1) is 19.3. The number of imidazole rings is 1. The van der Waals surface area contributed by atoms with E-state index in [9.17, 15) is 9.18 Å². The Labute approximate surface area is 237 Å². The molecule has 4 aromatic rings. The number of hydrogen-bond donors (Lipinski definition) is 3. The average Bonchev–Trinajstić information content (AvgIpc) is 3.57. The normalized spacial score (nSPS) is 15.6. The van der Waals surface area contributed by atoms with Crippen molar-refractivity contribution in [1.82, 2.24) is 30.1 Å². The number of halogens is 2. The maximum atomic E-state index is 13.2. The molecule has 1 aliphatic heterocycles. The lowest BCUT2D eigenvalue weighted by molar-refractivity contribution is -0.123. The van der Waals surface area contributed by atoms with Crippen molar-refractivity contribution in [3.63, 3.8) is 0 Å². The highest BCUT2D eigenvalue weighted by molar-refractivity contribution is 6.34.